The summed E-state index contributed by atoms with van der Waals surface area (Å²) < 4.78 is 6.50. The first-order valence-corrected chi connectivity index (χ1v) is 49.4. The largest absolute Gasteiger partial charge is 0.309 e. The predicted molar refractivity (Wildman–Crippen MR) is 597 cm³/mol. The zero-order valence-electron chi connectivity index (χ0n) is 82.2. The minimum atomic E-state index is -0.292. The third-order valence-electron chi connectivity index (χ3n) is 29.7. The molecule has 18 aromatic carbocycles. The summed E-state index contributed by atoms with van der Waals surface area (Å²) in [7, 11) is 0. The second-order valence-corrected chi connectivity index (χ2v) is 39.2. The Morgan fingerprint density at radius 2 is 0.513 bits per heavy atom. The number of nitrogens with zero attached hydrogens (tertiary/aromatic N) is 18. The van der Waals surface area contributed by atoms with Gasteiger partial charge in [0.2, 0.25) is 0 Å². The number of hydrogen-bond donors (Lipinski definition) is 0. The molecule has 0 aliphatic heterocycles. The number of aromatic nitrogens is 12. The fourth-order valence-corrected chi connectivity index (χ4v) is 22.6. The van der Waals surface area contributed by atoms with Crippen LogP contribution in [-0.4, -0.2) is 58.6 Å². The van der Waals surface area contributed by atoms with Gasteiger partial charge in [-0.3, -0.25) is 0 Å². The van der Waals surface area contributed by atoms with Crippen molar-refractivity contribution in [3.05, 3.63) is 485 Å². The molecule has 0 spiro atoms. The van der Waals surface area contributed by atoms with Gasteiger partial charge in [-0.15, -0.1) is 0 Å². The molecule has 0 saturated heterocycles. The molecule has 6 aromatic heterocycles. The van der Waals surface area contributed by atoms with Gasteiger partial charge in [0.25, 0.3) is 0 Å². The quantitative estimate of drug-likeness (QED) is 0.104. The van der Waals surface area contributed by atoms with Gasteiger partial charge in [-0.25, -0.2) is 59.4 Å². The highest BCUT2D eigenvalue weighted by Crippen LogP contribution is 2.58. The van der Waals surface area contributed by atoms with Crippen molar-refractivity contribution in [3.8, 4) is 171 Å². The molecule has 702 valence electrons. The van der Waals surface area contributed by atoms with E-state index in [0.717, 1.165) is 104 Å². The van der Waals surface area contributed by atoms with Crippen LogP contribution in [-0.2, 0) is 16.2 Å². The van der Waals surface area contributed by atoms with Crippen LogP contribution in [0.3, 0.4) is 0 Å². The third kappa shape index (κ3) is 14.7. The van der Waals surface area contributed by atoms with E-state index in [1.165, 1.54) is 61.2 Å². The van der Waals surface area contributed by atoms with Gasteiger partial charge in [-0.05, 0) is 128 Å². The SMILES string of the molecule is [C-]#[N+]c1cc(-n2c3ccccc3c3cc4c(cc32)C(C)(C)c2ccccc2-4)c(C#N)cc1-c1nc(-c2ccccc2)nc(-c2ccccc2)n1.[C-]#[N+]c1cc(-n2c3ccccc3c3ccc4c(c32)-c2ccccc2C4(C)C)c(C#N)cc1-c1nc(-c2ccccc2)nc(-c2ccccc2)n1.[C-]#[N+]c1cc(-n2c3ccccc3c3ccc4c(c32)C(C)(C)c2ccccc2-4)c(C#N)cc1-c1nc(-c2ccccc2)nc(-c2ccccc2)n1. The third-order valence-corrected chi connectivity index (χ3v) is 29.7. The summed E-state index contributed by atoms with van der Waals surface area (Å²) in [5.74, 6) is 3.98. The van der Waals surface area contributed by atoms with Crippen molar-refractivity contribution in [1.82, 2.24) is 58.6 Å². The number of para-hydroxylation sites is 3. The highest BCUT2D eigenvalue weighted by atomic mass is 15.1. The number of nitriles is 3. The highest BCUT2D eigenvalue weighted by molar-refractivity contribution is 6.18. The van der Waals surface area contributed by atoms with Crippen LogP contribution in [0.1, 0.15) is 91.6 Å². The van der Waals surface area contributed by atoms with Crippen LogP contribution in [0.25, 0.3) is 233 Å². The summed E-state index contributed by atoms with van der Waals surface area (Å²) in [6, 6.07) is 141. The number of benzene rings is 18. The molecule has 150 heavy (non-hydrogen) atoms. The Bertz CT molecular complexity index is 9870. The average molecular weight is 1920 g/mol. The lowest BCUT2D eigenvalue weighted by molar-refractivity contribution is 0.660. The Morgan fingerprint density at radius 3 is 0.900 bits per heavy atom. The molecule has 18 heteroatoms. The highest BCUT2D eigenvalue weighted by Gasteiger charge is 2.42. The first-order chi connectivity index (χ1) is 73.4. The molecule has 0 saturated carbocycles. The van der Waals surface area contributed by atoms with Gasteiger partial charge in [0.05, 0.1) is 86.6 Å². The fourth-order valence-electron chi connectivity index (χ4n) is 22.6. The molecular formula is C132H84N18. The number of fused-ring (bicyclic) bond motifs is 20. The van der Waals surface area contributed by atoms with E-state index in [2.05, 4.69) is 234 Å². The summed E-state index contributed by atoms with van der Waals surface area (Å²) in [6.45, 7) is 38.7. The smallest absolute Gasteiger partial charge is 0.200 e. The predicted octanol–water partition coefficient (Wildman–Crippen LogP) is 32.1. The van der Waals surface area contributed by atoms with E-state index in [4.69, 9.17) is 64.6 Å². The van der Waals surface area contributed by atoms with Crippen LogP contribution in [0.2, 0.25) is 0 Å². The molecule has 0 bridgehead atoms. The molecule has 0 N–H and O–H groups in total. The van der Waals surface area contributed by atoms with Crippen LogP contribution in [0, 0.1) is 53.7 Å². The fraction of sp³-hybridized carbons (Fsp3) is 0.0682. The molecule has 3 aliphatic rings. The molecule has 27 rings (SSSR count). The maximum absolute atomic E-state index is 10.8. The first kappa shape index (κ1) is 90.6. The van der Waals surface area contributed by atoms with Gasteiger partial charge < -0.3 is 13.7 Å². The van der Waals surface area contributed by atoms with E-state index < -0.39 is 0 Å². The van der Waals surface area contributed by atoms with Crippen LogP contribution < -0.4 is 0 Å². The Hall–Kier alpha value is -20.7. The average Bonchev–Trinajstić information content (AvgIpc) is 1.53. The van der Waals surface area contributed by atoms with Crippen molar-refractivity contribution in [2.24, 2.45) is 0 Å². The van der Waals surface area contributed by atoms with Gasteiger partial charge in [-0.2, -0.15) is 15.8 Å². The van der Waals surface area contributed by atoms with Crippen LogP contribution >= 0.6 is 0 Å². The van der Waals surface area contributed by atoms with E-state index in [-0.39, 0.29) is 16.2 Å². The summed E-state index contributed by atoms with van der Waals surface area (Å²) >= 11 is 0. The van der Waals surface area contributed by atoms with Gasteiger partial charge in [-0.1, -0.05) is 375 Å². The van der Waals surface area contributed by atoms with Crippen LogP contribution in [0.4, 0.5) is 17.1 Å². The van der Waals surface area contributed by atoms with Gasteiger partial charge in [0, 0.05) is 104 Å². The molecule has 18 nitrogen and oxygen atoms in total. The Balaban J connectivity index is 0.000000116. The monoisotopic (exact) mass is 1920 g/mol. The van der Waals surface area contributed by atoms with Crippen molar-refractivity contribution < 1.29 is 0 Å². The second kappa shape index (κ2) is 36.0. The van der Waals surface area contributed by atoms with Crippen molar-refractivity contribution in [2.75, 3.05) is 0 Å². The lowest BCUT2D eigenvalue weighted by Gasteiger charge is -2.24. The molecular weight excluding hydrogens is 1840 g/mol. The summed E-state index contributed by atoms with van der Waals surface area (Å²) in [5.41, 5.74) is 30.7. The van der Waals surface area contributed by atoms with Gasteiger partial charge in [0.1, 0.15) is 18.2 Å². The molecule has 24 aromatic rings. The van der Waals surface area contributed by atoms with Gasteiger partial charge >= 0.3 is 0 Å². The molecule has 3 aliphatic carbocycles. The Labute approximate surface area is 864 Å². The number of hydrogen-bond acceptors (Lipinski definition) is 12. The van der Waals surface area contributed by atoms with E-state index >= 15 is 0 Å². The molecule has 0 amide bonds. The zero-order chi connectivity index (χ0) is 102. The van der Waals surface area contributed by atoms with Crippen molar-refractivity contribution in [1.29, 1.82) is 15.8 Å². The van der Waals surface area contributed by atoms with Crippen molar-refractivity contribution >= 4 is 82.5 Å². The van der Waals surface area contributed by atoms with Crippen LogP contribution in [0.5, 0.6) is 0 Å². The summed E-state index contributed by atoms with van der Waals surface area (Å²) in [6.07, 6.45) is 0. The lowest BCUT2D eigenvalue weighted by atomic mass is 9.81. The van der Waals surface area contributed by atoms with E-state index in [1.807, 2.05) is 237 Å². The maximum Gasteiger partial charge on any atom is 0.200 e. The van der Waals surface area contributed by atoms with E-state index in [9.17, 15) is 15.8 Å². The molecule has 6 heterocycles. The molecule has 0 unspecified atom stereocenters. The minimum Gasteiger partial charge on any atom is -0.309 e. The summed E-state index contributed by atoms with van der Waals surface area (Å²) in [5, 5.41) is 38.9. The van der Waals surface area contributed by atoms with Crippen LogP contribution in [0.15, 0.2) is 400 Å². The van der Waals surface area contributed by atoms with Crippen molar-refractivity contribution in [2.45, 2.75) is 57.8 Å². The van der Waals surface area contributed by atoms with E-state index in [0.29, 0.717) is 120 Å². The summed E-state index contributed by atoms with van der Waals surface area (Å²) in [4.78, 5) is 55.7. The molecule has 0 fully saturated rings. The molecule has 0 radical (unpaired) electrons. The first-order valence-electron chi connectivity index (χ1n) is 49.4. The van der Waals surface area contributed by atoms with Gasteiger partial charge in [0.15, 0.2) is 69.5 Å². The normalized spacial score (nSPS) is 12.7. The number of rotatable bonds is 12. The minimum absolute atomic E-state index is 0.198. The maximum atomic E-state index is 10.8. The lowest BCUT2D eigenvalue weighted by Crippen LogP contribution is -2.16. The standard InChI is InChI=1S/3C44H28N6/c1-44(2)34-20-12-10-19-32(34)39-35(44)23-22-31-30-18-11-13-21-37(30)50(40(31)39)38-25-36(46-3)33(24-29(38)26-45)43-48-41(27-14-6-4-7-15-27)47-42(49-43)28-16-8-5-9-17-28;1-44(2)35-20-12-10-18-30(35)32-23-33-31-19-11-13-21-38(31)50(40(33)24-36(32)44)39-25-37(46-3)34(22-29(39)26-45)43-48-41(27-14-6-4-7-15-27)47-42(49-43)28-16-8-5-9-17-28;1-44(2)35-20-12-10-18-30(35)32-22-23-33-31-19-11-13-21-37(31)50(40(33)39(32)44)38-25-36(46-3)34(24-29(38)26-45)43-48-41(27-14-6-4-7-15-27)47-42(49-43)28-16-8-5-9-17-28/h3*4-25H,1-2H3. The second-order valence-electron chi connectivity index (χ2n) is 39.2. The van der Waals surface area contributed by atoms with E-state index in [1.54, 1.807) is 18.2 Å². The van der Waals surface area contributed by atoms with Crippen molar-refractivity contribution in [3.63, 3.8) is 0 Å². The Kier molecular flexibility index (Phi) is 21.8. The topological polar surface area (TPSA) is 215 Å². The molecule has 0 atom stereocenters. The zero-order valence-corrected chi connectivity index (χ0v) is 82.2. The Morgan fingerprint density at radius 1 is 0.220 bits per heavy atom.